The van der Waals surface area contributed by atoms with E-state index in [1.165, 1.54) is 38.5 Å². The van der Waals surface area contributed by atoms with Crippen molar-refractivity contribution in [2.24, 2.45) is 23.2 Å². The first-order chi connectivity index (χ1) is 11.1. The first kappa shape index (κ1) is 15.8. The number of carbonyl (C=O) groups is 2. The van der Waals surface area contributed by atoms with Crippen molar-refractivity contribution in [1.82, 2.24) is 10.2 Å². The minimum absolute atomic E-state index is 0.0764. The summed E-state index contributed by atoms with van der Waals surface area (Å²) in [6, 6.07) is -0.249. The van der Waals surface area contributed by atoms with Crippen LogP contribution < -0.4 is 5.32 Å². The van der Waals surface area contributed by atoms with Crippen LogP contribution in [0.2, 0.25) is 0 Å². The van der Waals surface area contributed by atoms with Crippen molar-refractivity contribution in [2.75, 3.05) is 18.2 Å². The van der Waals surface area contributed by atoms with E-state index < -0.39 is 0 Å². The van der Waals surface area contributed by atoms with Crippen molar-refractivity contribution in [2.45, 2.75) is 57.9 Å². The highest BCUT2D eigenvalue weighted by Gasteiger charge is 2.51. The maximum Gasteiger partial charge on any atom is 0.243 e. The molecule has 0 spiro atoms. The summed E-state index contributed by atoms with van der Waals surface area (Å²) in [7, 11) is 0. The normalized spacial score (nSPS) is 41.3. The Kier molecular flexibility index (Phi) is 4.11. The van der Waals surface area contributed by atoms with E-state index in [4.69, 9.17) is 0 Å². The second-order valence-corrected chi connectivity index (χ2v) is 9.37. The molecule has 1 saturated heterocycles. The Morgan fingerprint density at radius 1 is 1.13 bits per heavy atom. The predicted octanol–water partition coefficient (Wildman–Crippen LogP) is 2.63. The van der Waals surface area contributed by atoms with Gasteiger partial charge in [-0.15, -0.1) is 11.8 Å². The molecule has 0 aromatic rings. The minimum atomic E-state index is -0.249. The number of amides is 2. The van der Waals surface area contributed by atoms with Gasteiger partial charge in [0.05, 0.1) is 5.88 Å². The second-order valence-electron chi connectivity index (χ2n) is 8.37. The molecule has 5 rings (SSSR count). The lowest BCUT2D eigenvalue weighted by Gasteiger charge is -2.57. The van der Waals surface area contributed by atoms with Crippen molar-refractivity contribution < 1.29 is 9.59 Å². The molecule has 4 nitrogen and oxygen atoms in total. The van der Waals surface area contributed by atoms with Gasteiger partial charge < -0.3 is 10.2 Å². The Bertz CT molecular complexity index is 472. The van der Waals surface area contributed by atoms with Gasteiger partial charge in [0.15, 0.2) is 0 Å². The fraction of sp³-hybridized carbons (Fsp3) is 0.889. The molecule has 1 heterocycles. The van der Waals surface area contributed by atoms with Gasteiger partial charge in [-0.3, -0.25) is 9.59 Å². The van der Waals surface area contributed by atoms with Gasteiger partial charge in [0.1, 0.15) is 6.04 Å². The summed E-state index contributed by atoms with van der Waals surface area (Å²) in [6.07, 6.45) is 8.74. The summed E-state index contributed by atoms with van der Waals surface area (Å²) in [4.78, 5) is 26.4. The number of rotatable bonds is 4. The topological polar surface area (TPSA) is 49.4 Å². The Balaban J connectivity index is 1.37. The Morgan fingerprint density at radius 2 is 1.74 bits per heavy atom. The Hall–Kier alpha value is -0.710. The van der Waals surface area contributed by atoms with Crippen LogP contribution in [-0.2, 0) is 9.59 Å². The molecule has 0 aromatic carbocycles. The van der Waals surface area contributed by atoms with Gasteiger partial charge in [-0.25, -0.2) is 0 Å². The highest BCUT2D eigenvalue weighted by Crippen LogP contribution is 2.59. The summed E-state index contributed by atoms with van der Waals surface area (Å²) < 4.78 is 0. The molecule has 5 aliphatic rings. The fourth-order valence-corrected chi connectivity index (χ4v) is 7.19. The van der Waals surface area contributed by atoms with Crippen molar-refractivity contribution in [3.05, 3.63) is 0 Å². The van der Waals surface area contributed by atoms with Crippen LogP contribution in [0.15, 0.2) is 0 Å². The Labute approximate surface area is 143 Å². The molecule has 4 aliphatic carbocycles. The number of thioether (sulfide) groups is 1. The minimum Gasteiger partial charge on any atom is -0.354 e. The first-order valence-corrected chi connectivity index (χ1v) is 10.4. The van der Waals surface area contributed by atoms with Gasteiger partial charge in [-0.1, -0.05) is 6.92 Å². The average Bonchev–Trinajstić information content (AvgIpc) is 3.00. The molecule has 4 saturated carbocycles. The van der Waals surface area contributed by atoms with Crippen LogP contribution in [0.5, 0.6) is 0 Å². The third-order valence-corrected chi connectivity index (χ3v) is 7.62. The molecule has 5 heteroatoms. The summed E-state index contributed by atoms with van der Waals surface area (Å²) in [5, 5.41) is 3.24. The molecule has 1 aliphatic heterocycles. The van der Waals surface area contributed by atoms with Crippen molar-refractivity contribution in [3.63, 3.8) is 0 Å². The number of carbonyl (C=O) groups excluding carboxylic acids is 2. The average molecular weight is 337 g/mol. The molecule has 128 valence electrons. The summed E-state index contributed by atoms with van der Waals surface area (Å²) >= 11 is 1.69. The third-order valence-electron chi connectivity index (χ3n) is 6.61. The zero-order valence-corrected chi connectivity index (χ0v) is 14.9. The molecule has 0 aromatic heterocycles. The summed E-state index contributed by atoms with van der Waals surface area (Å²) in [5.74, 6) is 4.34. The molecule has 0 unspecified atom stereocenters. The zero-order valence-electron chi connectivity index (χ0n) is 14.1. The number of hydrogen-bond donors (Lipinski definition) is 1. The van der Waals surface area contributed by atoms with Crippen LogP contribution in [0.3, 0.4) is 0 Å². The third kappa shape index (κ3) is 2.90. The summed E-state index contributed by atoms with van der Waals surface area (Å²) in [6.45, 7) is 2.71. The van der Waals surface area contributed by atoms with E-state index in [1.807, 2.05) is 6.92 Å². The number of nitrogens with zero attached hydrogens (tertiary/aromatic N) is 1. The first-order valence-electron chi connectivity index (χ1n) is 9.23. The van der Waals surface area contributed by atoms with Crippen molar-refractivity contribution in [3.8, 4) is 0 Å². The maximum atomic E-state index is 12.7. The molecule has 0 radical (unpaired) electrons. The Morgan fingerprint density at radius 3 is 2.30 bits per heavy atom. The van der Waals surface area contributed by atoms with Crippen LogP contribution in [-0.4, -0.2) is 40.9 Å². The van der Waals surface area contributed by atoms with Gasteiger partial charge in [-0.05, 0) is 61.7 Å². The molecule has 1 atom stereocenters. The van der Waals surface area contributed by atoms with Crippen molar-refractivity contribution >= 4 is 23.6 Å². The molecule has 5 fully saturated rings. The van der Waals surface area contributed by atoms with E-state index in [2.05, 4.69) is 5.32 Å². The van der Waals surface area contributed by atoms with Crippen LogP contribution in [0.4, 0.5) is 0 Å². The quantitative estimate of drug-likeness (QED) is 0.858. The lowest BCUT2D eigenvalue weighted by atomic mass is 9.49. The van der Waals surface area contributed by atoms with Crippen LogP contribution in [0.25, 0.3) is 0 Å². The maximum absolute atomic E-state index is 12.7. The van der Waals surface area contributed by atoms with E-state index >= 15 is 0 Å². The highest BCUT2D eigenvalue weighted by atomic mass is 32.2. The van der Waals surface area contributed by atoms with Gasteiger partial charge in [0, 0.05) is 18.7 Å². The second kappa shape index (κ2) is 5.98. The van der Waals surface area contributed by atoms with E-state index in [9.17, 15) is 9.59 Å². The van der Waals surface area contributed by atoms with E-state index in [1.54, 1.807) is 16.7 Å². The summed E-state index contributed by atoms with van der Waals surface area (Å²) in [5.41, 5.74) is 0.371. The SMILES string of the molecule is CCC(=O)N1CSC[C@@H]1C(=O)NCC12CC3CC(CC(C3)C1)C2. The van der Waals surface area contributed by atoms with Gasteiger partial charge in [0.25, 0.3) is 0 Å². The fourth-order valence-electron chi connectivity index (χ4n) is 6.01. The lowest BCUT2D eigenvalue weighted by Crippen LogP contribution is -2.54. The molecule has 2 amide bonds. The van der Waals surface area contributed by atoms with Gasteiger partial charge in [-0.2, -0.15) is 0 Å². The molecule has 1 N–H and O–H groups in total. The van der Waals surface area contributed by atoms with E-state index in [-0.39, 0.29) is 17.9 Å². The molecular weight excluding hydrogens is 308 g/mol. The van der Waals surface area contributed by atoms with Crippen LogP contribution in [0.1, 0.15) is 51.9 Å². The smallest absolute Gasteiger partial charge is 0.243 e. The molecule has 4 bridgehead atoms. The number of hydrogen-bond acceptors (Lipinski definition) is 3. The molecular formula is C18H28N2O2S. The van der Waals surface area contributed by atoms with Crippen LogP contribution in [0, 0.1) is 23.2 Å². The highest BCUT2D eigenvalue weighted by molar-refractivity contribution is 7.99. The van der Waals surface area contributed by atoms with Gasteiger partial charge in [0.2, 0.25) is 11.8 Å². The largest absolute Gasteiger partial charge is 0.354 e. The molecule has 23 heavy (non-hydrogen) atoms. The van der Waals surface area contributed by atoms with Crippen molar-refractivity contribution in [1.29, 1.82) is 0 Å². The monoisotopic (exact) mass is 336 g/mol. The van der Waals surface area contributed by atoms with Gasteiger partial charge >= 0.3 is 0 Å². The standard InChI is InChI=1S/C18H28N2O2S/c1-2-16(21)20-11-23-9-15(20)17(22)19-10-18-6-12-3-13(7-18)5-14(4-12)8-18/h12-15H,2-11H2,1H3,(H,19,22)/t12?,13?,14?,15-,18?/m1/s1. The predicted molar refractivity (Wildman–Crippen MR) is 91.9 cm³/mol. The zero-order chi connectivity index (χ0) is 16.0. The van der Waals surface area contributed by atoms with Crippen LogP contribution >= 0.6 is 11.8 Å². The van der Waals surface area contributed by atoms with E-state index in [0.29, 0.717) is 17.7 Å². The lowest BCUT2D eigenvalue weighted by molar-refractivity contribution is -0.138. The van der Waals surface area contributed by atoms with E-state index in [0.717, 1.165) is 30.1 Å². The number of nitrogens with one attached hydrogen (secondary N) is 1.